The Bertz CT molecular complexity index is 1060. The van der Waals surface area contributed by atoms with Gasteiger partial charge < -0.3 is 9.52 Å². The number of benzene rings is 2. The van der Waals surface area contributed by atoms with Crippen molar-refractivity contribution in [1.29, 1.82) is 0 Å². The van der Waals surface area contributed by atoms with Crippen molar-refractivity contribution in [3.63, 3.8) is 0 Å². The Kier molecular flexibility index (Phi) is 5.96. The van der Waals surface area contributed by atoms with E-state index in [-0.39, 0.29) is 19.5 Å². The van der Waals surface area contributed by atoms with Crippen LogP contribution >= 0.6 is 0 Å². The first-order chi connectivity index (χ1) is 13.3. The second-order valence-corrected chi connectivity index (χ2v) is 8.54. The summed E-state index contributed by atoms with van der Waals surface area (Å²) in [6.07, 6.45) is 1.04. The Balaban J connectivity index is 1.79. The summed E-state index contributed by atoms with van der Waals surface area (Å²) in [4.78, 5) is 10.9. The van der Waals surface area contributed by atoms with Crippen molar-refractivity contribution in [2.45, 2.75) is 19.5 Å². The second kappa shape index (κ2) is 8.41. The van der Waals surface area contributed by atoms with E-state index < -0.39 is 16.0 Å². The highest BCUT2D eigenvalue weighted by Gasteiger charge is 2.20. The van der Waals surface area contributed by atoms with Crippen molar-refractivity contribution in [2.24, 2.45) is 0 Å². The van der Waals surface area contributed by atoms with E-state index in [9.17, 15) is 13.2 Å². The van der Waals surface area contributed by atoms with E-state index in [1.54, 1.807) is 30.3 Å². The molecule has 3 aromatic rings. The summed E-state index contributed by atoms with van der Waals surface area (Å²) in [6, 6.07) is 20.1. The minimum atomic E-state index is -3.50. The van der Waals surface area contributed by atoms with Crippen LogP contribution in [0.3, 0.4) is 0 Å². The van der Waals surface area contributed by atoms with Gasteiger partial charge in [0.25, 0.3) is 0 Å². The fourth-order valence-electron chi connectivity index (χ4n) is 2.90. The smallest absolute Gasteiger partial charge is 0.307 e. The van der Waals surface area contributed by atoms with E-state index in [1.807, 2.05) is 36.4 Å². The zero-order valence-electron chi connectivity index (χ0n) is 15.4. The maximum absolute atomic E-state index is 12.3. The van der Waals surface area contributed by atoms with E-state index >= 15 is 0 Å². The molecule has 1 N–H and O–H groups in total. The summed E-state index contributed by atoms with van der Waals surface area (Å²) in [6.45, 7) is 0.225. The third kappa shape index (κ3) is 5.31. The van der Waals surface area contributed by atoms with Gasteiger partial charge in [0, 0.05) is 12.1 Å². The topological polar surface area (TPSA) is 87.8 Å². The third-order valence-electron chi connectivity index (χ3n) is 4.23. The summed E-state index contributed by atoms with van der Waals surface area (Å²) in [5, 5.41) is 8.94. The lowest BCUT2D eigenvalue weighted by molar-refractivity contribution is -0.136. The second-order valence-electron chi connectivity index (χ2n) is 6.55. The molecule has 0 aliphatic rings. The molecule has 0 aliphatic carbocycles. The fourth-order valence-corrected chi connectivity index (χ4v) is 3.65. The molecule has 0 saturated carbocycles. The zero-order chi connectivity index (χ0) is 20.1. The van der Waals surface area contributed by atoms with Crippen LogP contribution in [0.15, 0.2) is 71.1 Å². The van der Waals surface area contributed by atoms with Crippen molar-refractivity contribution in [3.8, 4) is 11.3 Å². The van der Waals surface area contributed by atoms with Gasteiger partial charge in [-0.05, 0) is 23.3 Å². The van der Waals surface area contributed by atoms with Gasteiger partial charge >= 0.3 is 5.97 Å². The molecule has 1 heterocycles. The van der Waals surface area contributed by atoms with Crippen molar-refractivity contribution in [1.82, 2.24) is 4.31 Å². The summed E-state index contributed by atoms with van der Waals surface area (Å²) < 4.78 is 31.7. The first kappa shape index (κ1) is 19.9. The van der Waals surface area contributed by atoms with Crippen LogP contribution in [0.1, 0.15) is 16.9 Å². The van der Waals surface area contributed by atoms with Crippen LogP contribution in [0.5, 0.6) is 0 Å². The minimum absolute atomic E-state index is 0.0921. The number of aliphatic carboxylic acids is 1. The van der Waals surface area contributed by atoms with E-state index in [1.165, 1.54) is 4.31 Å². The average molecular weight is 399 g/mol. The van der Waals surface area contributed by atoms with Crippen LogP contribution < -0.4 is 0 Å². The standard InChI is InChI=1S/C21H21NO5S/c1-28(25,26)22(14-17-7-5-6-16(12-17)13-21(23)24)15-19-10-11-20(27-19)18-8-3-2-4-9-18/h2-12H,13-15H2,1H3,(H,23,24). The lowest BCUT2D eigenvalue weighted by Gasteiger charge is -2.19. The van der Waals surface area contributed by atoms with Crippen LogP contribution in [0.4, 0.5) is 0 Å². The molecule has 1 aromatic heterocycles. The average Bonchev–Trinajstić information content (AvgIpc) is 3.10. The Labute approximate surface area is 164 Å². The molecule has 0 unspecified atom stereocenters. The number of sulfonamides is 1. The van der Waals surface area contributed by atoms with Gasteiger partial charge in [0.05, 0.1) is 19.2 Å². The Morgan fingerprint density at radius 3 is 2.36 bits per heavy atom. The summed E-state index contributed by atoms with van der Waals surface area (Å²) >= 11 is 0. The molecule has 2 aromatic carbocycles. The van der Waals surface area contributed by atoms with Gasteiger partial charge in [0.1, 0.15) is 11.5 Å². The van der Waals surface area contributed by atoms with Crippen LogP contribution in [0.2, 0.25) is 0 Å². The molecule has 0 amide bonds. The number of hydrogen-bond donors (Lipinski definition) is 1. The first-order valence-corrected chi connectivity index (χ1v) is 10.5. The number of furan rings is 1. The predicted molar refractivity (Wildman–Crippen MR) is 106 cm³/mol. The molecule has 6 nitrogen and oxygen atoms in total. The van der Waals surface area contributed by atoms with Gasteiger partial charge in [-0.2, -0.15) is 4.31 Å². The molecule has 146 valence electrons. The molecule has 0 saturated heterocycles. The molecule has 0 bridgehead atoms. The number of rotatable bonds is 8. The zero-order valence-corrected chi connectivity index (χ0v) is 16.2. The molecule has 0 radical (unpaired) electrons. The number of nitrogens with zero attached hydrogens (tertiary/aromatic N) is 1. The first-order valence-electron chi connectivity index (χ1n) is 8.70. The van der Waals surface area contributed by atoms with E-state index in [4.69, 9.17) is 9.52 Å². The quantitative estimate of drug-likeness (QED) is 0.626. The van der Waals surface area contributed by atoms with Crippen LogP contribution in [-0.4, -0.2) is 30.1 Å². The highest BCUT2D eigenvalue weighted by atomic mass is 32.2. The van der Waals surface area contributed by atoms with E-state index in [0.29, 0.717) is 17.1 Å². The number of carboxylic acid groups (broad SMARTS) is 1. The monoisotopic (exact) mass is 399 g/mol. The summed E-state index contributed by atoms with van der Waals surface area (Å²) in [5.74, 6) is 0.277. The Hall–Kier alpha value is -2.90. The minimum Gasteiger partial charge on any atom is -0.481 e. The predicted octanol–water partition coefficient (Wildman–Crippen LogP) is 3.54. The van der Waals surface area contributed by atoms with E-state index in [2.05, 4.69) is 0 Å². The van der Waals surface area contributed by atoms with Crippen molar-refractivity contribution in [2.75, 3.05) is 6.26 Å². The molecule has 28 heavy (non-hydrogen) atoms. The van der Waals surface area contributed by atoms with Crippen molar-refractivity contribution >= 4 is 16.0 Å². The van der Waals surface area contributed by atoms with Crippen LogP contribution in [0.25, 0.3) is 11.3 Å². The molecule has 7 heteroatoms. The van der Waals surface area contributed by atoms with Crippen molar-refractivity contribution in [3.05, 3.63) is 83.6 Å². The van der Waals surface area contributed by atoms with E-state index in [0.717, 1.165) is 17.4 Å². The molecule has 0 spiro atoms. The summed E-state index contributed by atoms with van der Waals surface area (Å²) in [7, 11) is -3.50. The van der Waals surface area contributed by atoms with Gasteiger partial charge in [-0.3, -0.25) is 4.79 Å². The summed E-state index contributed by atoms with van der Waals surface area (Å²) in [5.41, 5.74) is 2.27. The molecule has 3 rings (SSSR count). The van der Waals surface area contributed by atoms with Gasteiger partial charge in [-0.1, -0.05) is 54.6 Å². The van der Waals surface area contributed by atoms with Gasteiger partial charge in [0.2, 0.25) is 10.0 Å². The third-order valence-corrected chi connectivity index (χ3v) is 5.42. The fraction of sp³-hybridized carbons (Fsp3) is 0.190. The maximum Gasteiger partial charge on any atom is 0.307 e. The highest BCUT2D eigenvalue weighted by molar-refractivity contribution is 7.88. The number of carboxylic acids is 1. The van der Waals surface area contributed by atoms with Gasteiger partial charge in [-0.25, -0.2) is 8.42 Å². The maximum atomic E-state index is 12.3. The normalized spacial score (nSPS) is 11.6. The molecule has 0 aliphatic heterocycles. The van der Waals surface area contributed by atoms with Crippen LogP contribution in [0, 0.1) is 0 Å². The number of hydrogen-bond acceptors (Lipinski definition) is 4. The largest absolute Gasteiger partial charge is 0.481 e. The van der Waals surface area contributed by atoms with Crippen molar-refractivity contribution < 1.29 is 22.7 Å². The Morgan fingerprint density at radius 2 is 1.68 bits per heavy atom. The van der Waals surface area contributed by atoms with Gasteiger partial charge in [-0.15, -0.1) is 0 Å². The lowest BCUT2D eigenvalue weighted by atomic mass is 10.1. The molecule has 0 fully saturated rings. The Morgan fingerprint density at radius 1 is 0.964 bits per heavy atom. The molecular weight excluding hydrogens is 378 g/mol. The SMILES string of the molecule is CS(=O)(=O)N(Cc1cccc(CC(=O)O)c1)Cc1ccc(-c2ccccc2)o1. The van der Waals surface area contributed by atoms with Gasteiger partial charge in [0.15, 0.2) is 0 Å². The molecular formula is C21H21NO5S. The lowest BCUT2D eigenvalue weighted by Crippen LogP contribution is -2.29. The highest BCUT2D eigenvalue weighted by Crippen LogP contribution is 2.23. The number of carbonyl (C=O) groups is 1. The van der Waals surface area contributed by atoms with Crippen LogP contribution in [-0.2, 0) is 34.3 Å². The molecule has 0 atom stereocenters.